The van der Waals surface area contributed by atoms with Crippen molar-refractivity contribution in [1.82, 2.24) is 18.4 Å². The predicted molar refractivity (Wildman–Crippen MR) is 123 cm³/mol. The molecule has 0 unspecified atom stereocenters. The summed E-state index contributed by atoms with van der Waals surface area (Å²) >= 11 is 0. The minimum atomic E-state index is -3.46. The summed E-state index contributed by atoms with van der Waals surface area (Å²) in [4.78, 5) is 17.5. The molecular weight excluding hydrogens is 444 g/mol. The van der Waals surface area contributed by atoms with E-state index in [9.17, 15) is 13.2 Å². The zero-order chi connectivity index (χ0) is 22.8. The van der Waals surface area contributed by atoms with Gasteiger partial charge in [-0.2, -0.15) is 17.0 Å². The molecule has 1 aromatic carbocycles. The normalized spacial score (nSPS) is 25.3. The average molecular weight is 479 g/mol. The van der Waals surface area contributed by atoms with Crippen molar-refractivity contribution in [2.45, 2.75) is 38.6 Å². The third-order valence-corrected chi connectivity index (χ3v) is 9.23. The summed E-state index contributed by atoms with van der Waals surface area (Å²) in [6.07, 6.45) is 4.45. The van der Waals surface area contributed by atoms with Gasteiger partial charge in [-0.05, 0) is 43.4 Å². The Balaban J connectivity index is 1.13. The molecule has 3 fully saturated rings. The number of benzene rings is 1. The minimum Gasteiger partial charge on any atom is -0.454 e. The Kier molecular flexibility index (Phi) is 6.78. The largest absolute Gasteiger partial charge is 0.454 e. The number of nitrogens with zero attached hydrogens (tertiary/aromatic N) is 4. The van der Waals surface area contributed by atoms with E-state index < -0.39 is 10.2 Å². The van der Waals surface area contributed by atoms with Gasteiger partial charge in [0.1, 0.15) is 0 Å². The number of hydrogen-bond donors (Lipinski definition) is 0. The van der Waals surface area contributed by atoms with E-state index in [1.165, 1.54) is 5.56 Å². The molecule has 4 aliphatic heterocycles. The van der Waals surface area contributed by atoms with Gasteiger partial charge in [-0.1, -0.05) is 12.5 Å². The van der Waals surface area contributed by atoms with Crippen LogP contribution < -0.4 is 9.47 Å². The first kappa shape index (κ1) is 22.9. The van der Waals surface area contributed by atoms with Gasteiger partial charge in [0.2, 0.25) is 12.7 Å². The number of rotatable bonds is 5. The molecule has 10 heteroatoms. The number of carbonyl (C=O) groups excluding carboxylic acids is 1. The molecule has 9 nitrogen and oxygen atoms in total. The second-order valence-electron chi connectivity index (χ2n) is 9.45. The van der Waals surface area contributed by atoms with E-state index in [0.29, 0.717) is 39.3 Å². The van der Waals surface area contributed by atoms with E-state index in [2.05, 4.69) is 11.0 Å². The van der Waals surface area contributed by atoms with E-state index in [1.54, 1.807) is 8.61 Å². The Labute approximate surface area is 196 Å². The van der Waals surface area contributed by atoms with Crippen molar-refractivity contribution in [2.24, 2.45) is 5.92 Å². The molecular formula is C23H34N4O5S. The molecule has 0 bridgehead atoms. The molecule has 0 aromatic heterocycles. The molecule has 1 atom stereocenters. The Morgan fingerprint density at radius 3 is 2.39 bits per heavy atom. The second kappa shape index (κ2) is 9.77. The highest BCUT2D eigenvalue weighted by molar-refractivity contribution is 7.86. The van der Waals surface area contributed by atoms with Crippen LogP contribution in [0.25, 0.3) is 0 Å². The Morgan fingerprint density at radius 1 is 0.879 bits per heavy atom. The number of fused-ring (bicyclic) bond motifs is 1. The van der Waals surface area contributed by atoms with E-state index in [4.69, 9.17) is 9.47 Å². The van der Waals surface area contributed by atoms with Crippen molar-refractivity contribution >= 4 is 16.1 Å². The van der Waals surface area contributed by atoms with Gasteiger partial charge in [0.05, 0.1) is 5.92 Å². The summed E-state index contributed by atoms with van der Waals surface area (Å²) in [5.74, 6) is 1.45. The maximum absolute atomic E-state index is 13.2. The standard InChI is InChI=1S/C23H34N4O5S/c28-23(20-5-4-10-27(17-20)33(29,30)26-8-2-1-3-9-26)25-13-11-24(12-14-25)16-19-6-7-21-22(15-19)32-18-31-21/h6-7,15,20H,1-5,8-14,16-18H2/t20-/m1/s1. The van der Waals surface area contributed by atoms with Gasteiger partial charge >= 0.3 is 0 Å². The molecule has 0 radical (unpaired) electrons. The third-order valence-electron chi connectivity index (χ3n) is 7.23. The fraction of sp³-hybridized carbons (Fsp3) is 0.696. The highest BCUT2D eigenvalue weighted by atomic mass is 32.2. The number of piperazine rings is 1. The van der Waals surface area contributed by atoms with Crippen LogP contribution in [0.5, 0.6) is 11.5 Å². The predicted octanol–water partition coefficient (Wildman–Crippen LogP) is 1.50. The fourth-order valence-electron chi connectivity index (χ4n) is 5.29. The highest BCUT2D eigenvalue weighted by Gasteiger charge is 2.38. The summed E-state index contributed by atoms with van der Waals surface area (Å²) in [5.41, 5.74) is 1.17. The fourth-order valence-corrected chi connectivity index (χ4v) is 7.07. The van der Waals surface area contributed by atoms with Crippen molar-refractivity contribution < 1.29 is 22.7 Å². The molecule has 3 saturated heterocycles. The van der Waals surface area contributed by atoms with E-state index in [-0.39, 0.29) is 18.6 Å². The number of amides is 1. The molecule has 4 aliphatic rings. The average Bonchev–Trinajstić information content (AvgIpc) is 3.33. The van der Waals surface area contributed by atoms with Crippen LogP contribution in [0.2, 0.25) is 0 Å². The van der Waals surface area contributed by atoms with Crippen molar-refractivity contribution in [3.05, 3.63) is 23.8 Å². The lowest BCUT2D eigenvalue weighted by Crippen LogP contribution is -2.54. The quantitative estimate of drug-likeness (QED) is 0.638. The summed E-state index contributed by atoms with van der Waals surface area (Å²) in [6, 6.07) is 6.04. The Hall–Kier alpha value is -1.88. The van der Waals surface area contributed by atoms with Crippen LogP contribution in [0, 0.1) is 5.92 Å². The van der Waals surface area contributed by atoms with Gasteiger partial charge in [-0.25, -0.2) is 0 Å². The molecule has 4 heterocycles. The molecule has 1 amide bonds. The smallest absolute Gasteiger partial charge is 0.281 e. The zero-order valence-electron chi connectivity index (χ0n) is 19.2. The number of carbonyl (C=O) groups is 1. The first-order valence-electron chi connectivity index (χ1n) is 12.2. The SMILES string of the molecule is O=C([C@@H]1CCCN(S(=O)(=O)N2CCCCC2)C1)N1CCN(Cc2ccc3c(c2)OCO3)CC1. The number of piperidine rings is 2. The lowest BCUT2D eigenvalue weighted by molar-refractivity contribution is -0.138. The number of hydrogen-bond acceptors (Lipinski definition) is 6. The maximum Gasteiger partial charge on any atom is 0.281 e. The molecule has 182 valence electrons. The van der Waals surface area contributed by atoms with Crippen LogP contribution in [0.4, 0.5) is 0 Å². The summed E-state index contributed by atoms with van der Waals surface area (Å²) in [6.45, 7) is 6.09. The lowest BCUT2D eigenvalue weighted by Gasteiger charge is -2.40. The van der Waals surface area contributed by atoms with Crippen LogP contribution in [0.15, 0.2) is 18.2 Å². The molecule has 33 heavy (non-hydrogen) atoms. The van der Waals surface area contributed by atoms with Gasteiger partial charge in [0, 0.05) is 58.9 Å². The molecule has 5 rings (SSSR count). The second-order valence-corrected chi connectivity index (χ2v) is 11.4. The van der Waals surface area contributed by atoms with Gasteiger partial charge in [0.15, 0.2) is 11.5 Å². The van der Waals surface area contributed by atoms with Crippen LogP contribution in [0.3, 0.4) is 0 Å². The Morgan fingerprint density at radius 2 is 1.61 bits per heavy atom. The van der Waals surface area contributed by atoms with Crippen LogP contribution in [-0.4, -0.2) is 91.9 Å². The van der Waals surface area contributed by atoms with Crippen LogP contribution in [-0.2, 0) is 21.5 Å². The van der Waals surface area contributed by atoms with Crippen molar-refractivity contribution in [1.29, 1.82) is 0 Å². The summed E-state index contributed by atoms with van der Waals surface area (Å²) in [5, 5.41) is 0. The first-order valence-corrected chi connectivity index (χ1v) is 13.6. The summed E-state index contributed by atoms with van der Waals surface area (Å²) < 4.78 is 40.2. The number of ether oxygens (including phenoxy) is 2. The lowest BCUT2D eigenvalue weighted by atomic mass is 9.97. The van der Waals surface area contributed by atoms with E-state index in [1.807, 2.05) is 17.0 Å². The topological polar surface area (TPSA) is 82.6 Å². The highest BCUT2D eigenvalue weighted by Crippen LogP contribution is 2.33. The molecule has 0 aliphatic carbocycles. The van der Waals surface area contributed by atoms with Crippen LogP contribution in [0.1, 0.15) is 37.7 Å². The molecule has 0 spiro atoms. The van der Waals surface area contributed by atoms with Crippen molar-refractivity contribution in [3.8, 4) is 11.5 Å². The molecule has 1 aromatic rings. The summed E-state index contributed by atoms with van der Waals surface area (Å²) in [7, 11) is -3.46. The van der Waals surface area contributed by atoms with E-state index in [0.717, 1.165) is 63.2 Å². The maximum atomic E-state index is 13.2. The zero-order valence-corrected chi connectivity index (χ0v) is 20.0. The van der Waals surface area contributed by atoms with Crippen LogP contribution >= 0.6 is 0 Å². The Bertz CT molecular complexity index is 958. The van der Waals surface area contributed by atoms with Gasteiger partial charge in [-0.15, -0.1) is 0 Å². The van der Waals surface area contributed by atoms with Gasteiger partial charge in [-0.3, -0.25) is 9.69 Å². The van der Waals surface area contributed by atoms with Crippen molar-refractivity contribution in [2.75, 3.05) is 59.2 Å². The third kappa shape index (κ3) is 4.99. The van der Waals surface area contributed by atoms with E-state index >= 15 is 0 Å². The van der Waals surface area contributed by atoms with Gasteiger partial charge < -0.3 is 14.4 Å². The molecule has 0 saturated carbocycles. The first-order chi connectivity index (χ1) is 16.0. The molecule has 0 N–H and O–H groups in total. The van der Waals surface area contributed by atoms with Gasteiger partial charge in [0.25, 0.3) is 10.2 Å². The minimum absolute atomic E-state index is 0.108. The van der Waals surface area contributed by atoms with Crippen molar-refractivity contribution in [3.63, 3.8) is 0 Å². The monoisotopic (exact) mass is 478 g/mol.